The van der Waals surface area contributed by atoms with Crippen LogP contribution in [0.15, 0.2) is 0 Å². The topological polar surface area (TPSA) is 81.8 Å². The smallest absolute Gasteiger partial charge is 0.312 e. The van der Waals surface area contributed by atoms with E-state index in [4.69, 9.17) is 0 Å². The van der Waals surface area contributed by atoms with E-state index in [1.807, 2.05) is 6.92 Å². The molecule has 7 nitrogen and oxygen atoms in total. The Morgan fingerprint density at radius 2 is 1.95 bits per heavy atom. The Morgan fingerprint density at radius 1 is 1.27 bits per heavy atom. The minimum atomic E-state index is -0.572. The van der Waals surface area contributed by atoms with Crippen molar-refractivity contribution in [1.29, 1.82) is 0 Å². The number of likely N-dealkylation sites (N-methyl/N-ethyl adjacent to an activating group) is 1. The average Bonchev–Trinajstić information content (AvgIpc) is 2.51. The van der Waals surface area contributed by atoms with Crippen LogP contribution in [0, 0.1) is 5.92 Å². The van der Waals surface area contributed by atoms with Gasteiger partial charge in [-0.2, -0.15) is 0 Å². The molecule has 0 saturated carbocycles. The van der Waals surface area contributed by atoms with E-state index in [0.29, 0.717) is 32.1 Å². The molecule has 0 aliphatic carbocycles. The van der Waals surface area contributed by atoms with E-state index >= 15 is 0 Å². The monoisotopic (exact) mass is 332 g/mol. The standard InChI is InChI=1S/C14H24N4O3.ClH/c1-2-17-6-7-18(14(21)13(17)20)10-12(19)16-9-11-4-3-5-15-8-11;/h11,15H,2-10H2,1H3,(H,16,19);1H. The van der Waals surface area contributed by atoms with Gasteiger partial charge in [-0.05, 0) is 38.8 Å². The number of nitrogens with one attached hydrogen (secondary N) is 2. The van der Waals surface area contributed by atoms with Crippen molar-refractivity contribution in [3.05, 3.63) is 0 Å². The van der Waals surface area contributed by atoms with Gasteiger partial charge in [-0.25, -0.2) is 0 Å². The predicted octanol–water partition coefficient (Wildman–Crippen LogP) is -0.785. The Hall–Kier alpha value is -1.34. The predicted molar refractivity (Wildman–Crippen MR) is 84.7 cm³/mol. The van der Waals surface area contributed by atoms with Gasteiger partial charge in [0.1, 0.15) is 6.54 Å². The second-order valence-corrected chi connectivity index (χ2v) is 5.63. The third kappa shape index (κ3) is 4.84. The van der Waals surface area contributed by atoms with E-state index in [0.717, 1.165) is 25.9 Å². The molecule has 2 aliphatic rings. The third-order valence-electron chi connectivity index (χ3n) is 4.10. The summed E-state index contributed by atoms with van der Waals surface area (Å²) in [5, 5.41) is 6.16. The Bertz CT molecular complexity index is 413. The van der Waals surface area contributed by atoms with Crippen molar-refractivity contribution >= 4 is 30.1 Å². The van der Waals surface area contributed by atoms with Crippen LogP contribution in [0.3, 0.4) is 0 Å². The first-order valence-electron chi connectivity index (χ1n) is 7.67. The third-order valence-corrected chi connectivity index (χ3v) is 4.10. The quantitative estimate of drug-likeness (QED) is 0.647. The summed E-state index contributed by atoms with van der Waals surface area (Å²) < 4.78 is 0. The summed E-state index contributed by atoms with van der Waals surface area (Å²) in [7, 11) is 0. The zero-order valence-corrected chi connectivity index (χ0v) is 13.8. The fourth-order valence-electron chi connectivity index (χ4n) is 2.75. The number of halogens is 1. The molecule has 2 heterocycles. The van der Waals surface area contributed by atoms with Gasteiger partial charge in [-0.1, -0.05) is 0 Å². The molecule has 2 rings (SSSR count). The lowest BCUT2D eigenvalue weighted by molar-refractivity contribution is -0.156. The van der Waals surface area contributed by atoms with Gasteiger partial charge in [0, 0.05) is 26.2 Å². The highest BCUT2D eigenvalue weighted by Gasteiger charge is 2.32. The Balaban J connectivity index is 0.00000242. The van der Waals surface area contributed by atoms with Crippen LogP contribution in [0.5, 0.6) is 0 Å². The van der Waals surface area contributed by atoms with Crippen LogP contribution in [0.2, 0.25) is 0 Å². The van der Waals surface area contributed by atoms with Gasteiger partial charge >= 0.3 is 11.8 Å². The van der Waals surface area contributed by atoms with Gasteiger partial charge in [0.05, 0.1) is 0 Å². The SMILES string of the molecule is CCN1CCN(CC(=O)NCC2CCCNC2)C(=O)C1=O.Cl. The Morgan fingerprint density at radius 3 is 2.59 bits per heavy atom. The number of hydrogen-bond acceptors (Lipinski definition) is 4. The highest BCUT2D eigenvalue weighted by Crippen LogP contribution is 2.08. The molecule has 0 aromatic rings. The fourth-order valence-corrected chi connectivity index (χ4v) is 2.75. The summed E-state index contributed by atoms with van der Waals surface area (Å²) >= 11 is 0. The number of carbonyl (C=O) groups excluding carboxylic acids is 3. The molecule has 2 aliphatic heterocycles. The number of piperidine rings is 1. The summed E-state index contributed by atoms with van der Waals surface area (Å²) in [4.78, 5) is 38.4. The van der Waals surface area contributed by atoms with Gasteiger partial charge in [0.25, 0.3) is 0 Å². The van der Waals surface area contributed by atoms with Crippen LogP contribution in [-0.2, 0) is 14.4 Å². The molecule has 0 spiro atoms. The van der Waals surface area contributed by atoms with E-state index in [2.05, 4.69) is 10.6 Å². The lowest BCUT2D eigenvalue weighted by Crippen LogP contribution is -2.56. The van der Waals surface area contributed by atoms with Crippen LogP contribution >= 0.6 is 12.4 Å². The van der Waals surface area contributed by atoms with Gasteiger partial charge in [-0.3, -0.25) is 14.4 Å². The van der Waals surface area contributed by atoms with Crippen molar-refractivity contribution in [1.82, 2.24) is 20.4 Å². The van der Waals surface area contributed by atoms with Crippen molar-refractivity contribution in [2.45, 2.75) is 19.8 Å². The number of rotatable bonds is 5. The van der Waals surface area contributed by atoms with E-state index in [-0.39, 0.29) is 24.9 Å². The lowest BCUT2D eigenvalue weighted by atomic mass is 10.00. The van der Waals surface area contributed by atoms with Crippen molar-refractivity contribution in [2.24, 2.45) is 5.92 Å². The molecule has 3 amide bonds. The van der Waals surface area contributed by atoms with Crippen LogP contribution < -0.4 is 10.6 Å². The minimum absolute atomic E-state index is 0. The molecule has 8 heteroatoms. The summed E-state index contributed by atoms with van der Waals surface area (Å²) in [5.41, 5.74) is 0. The van der Waals surface area contributed by atoms with E-state index in [1.54, 1.807) is 0 Å². The zero-order chi connectivity index (χ0) is 15.2. The van der Waals surface area contributed by atoms with E-state index in [1.165, 1.54) is 9.80 Å². The molecule has 1 unspecified atom stereocenters. The van der Waals surface area contributed by atoms with Crippen LogP contribution in [0.1, 0.15) is 19.8 Å². The zero-order valence-electron chi connectivity index (χ0n) is 13.0. The molecule has 0 radical (unpaired) electrons. The van der Waals surface area contributed by atoms with E-state index in [9.17, 15) is 14.4 Å². The highest BCUT2D eigenvalue weighted by molar-refractivity contribution is 6.35. The number of hydrogen-bond donors (Lipinski definition) is 2. The summed E-state index contributed by atoms with van der Waals surface area (Å²) in [6.07, 6.45) is 2.24. The van der Waals surface area contributed by atoms with Gasteiger partial charge < -0.3 is 20.4 Å². The second kappa shape index (κ2) is 8.95. The lowest BCUT2D eigenvalue weighted by Gasteiger charge is -2.32. The van der Waals surface area contributed by atoms with Crippen molar-refractivity contribution in [2.75, 3.05) is 45.8 Å². The normalized spacial score (nSPS) is 22.3. The first-order valence-corrected chi connectivity index (χ1v) is 7.67. The maximum Gasteiger partial charge on any atom is 0.312 e. The summed E-state index contributed by atoms with van der Waals surface area (Å²) in [6, 6.07) is 0. The van der Waals surface area contributed by atoms with Crippen molar-refractivity contribution in [3.63, 3.8) is 0 Å². The Labute approximate surface area is 137 Å². The van der Waals surface area contributed by atoms with Gasteiger partial charge in [0.2, 0.25) is 5.91 Å². The molecule has 0 bridgehead atoms. The van der Waals surface area contributed by atoms with Crippen molar-refractivity contribution in [3.8, 4) is 0 Å². The molecule has 2 saturated heterocycles. The molecule has 0 aromatic heterocycles. The van der Waals surface area contributed by atoms with E-state index < -0.39 is 11.8 Å². The largest absolute Gasteiger partial charge is 0.354 e. The van der Waals surface area contributed by atoms with Crippen LogP contribution in [-0.4, -0.2) is 73.3 Å². The molecule has 22 heavy (non-hydrogen) atoms. The first-order chi connectivity index (χ1) is 10.1. The molecule has 1 atom stereocenters. The minimum Gasteiger partial charge on any atom is -0.354 e. The number of carbonyl (C=O) groups is 3. The van der Waals surface area contributed by atoms with Gasteiger partial charge in [0.15, 0.2) is 0 Å². The highest BCUT2D eigenvalue weighted by atomic mass is 35.5. The van der Waals surface area contributed by atoms with Crippen molar-refractivity contribution < 1.29 is 14.4 Å². The summed E-state index contributed by atoms with van der Waals surface area (Å²) in [6.45, 7) is 5.86. The second-order valence-electron chi connectivity index (χ2n) is 5.63. The molecule has 0 aromatic carbocycles. The average molecular weight is 333 g/mol. The number of nitrogens with zero attached hydrogens (tertiary/aromatic N) is 2. The maximum atomic E-state index is 11.9. The first kappa shape index (κ1) is 18.7. The molecule has 2 N–H and O–H groups in total. The molecular formula is C14H25ClN4O3. The summed E-state index contributed by atoms with van der Waals surface area (Å²) in [5.74, 6) is -0.811. The maximum absolute atomic E-state index is 11.9. The van der Waals surface area contributed by atoms with Crippen LogP contribution in [0.4, 0.5) is 0 Å². The molecule has 126 valence electrons. The van der Waals surface area contributed by atoms with Gasteiger partial charge in [-0.15, -0.1) is 12.4 Å². The Kier molecular flexibility index (Phi) is 7.61. The molecule has 2 fully saturated rings. The van der Waals surface area contributed by atoms with Crippen LogP contribution in [0.25, 0.3) is 0 Å². The fraction of sp³-hybridized carbons (Fsp3) is 0.786. The molecular weight excluding hydrogens is 308 g/mol. The number of piperazine rings is 1. The number of amides is 3.